The quantitative estimate of drug-likeness (QED) is 0.560. The first-order chi connectivity index (χ1) is 14.4. The van der Waals surface area contributed by atoms with E-state index in [-0.39, 0.29) is 12.0 Å². The Balaban J connectivity index is 1.34. The molecule has 0 atom stereocenters. The van der Waals surface area contributed by atoms with E-state index in [4.69, 9.17) is 16.3 Å². The second-order valence-corrected chi connectivity index (χ2v) is 9.04. The molecule has 0 unspecified atom stereocenters. The number of benzene rings is 2. The van der Waals surface area contributed by atoms with E-state index >= 15 is 0 Å². The second-order valence-electron chi connectivity index (χ2n) is 7.72. The van der Waals surface area contributed by atoms with Crippen molar-refractivity contribution >= 4 is 45.6 Å². The first-order valence-corrected chi connectivity index (χ1v) is 11.1. The predicted octanol–water partition coefficient (Wildman–Crippen LogP) is 5.13. The number of carbonyl (C=O) groups is 2. The van der Waals surface area contributed by atoms with Gasteiger partial charge in [-0.3, -0.25) is 9.69 Å². The van der Waals surface area contributed by atoms with Crippen LogP contribution >= 0.6 is 27.5 Å². The van der Waals surface area contributed by atoms with Crippen LogP contribution in [0.4, 0.5) is 4.79 Å². The van der Waals surface area contributed by atoms with E-state index in [9.17, 15) is 9.59 Å². The molecule has 0 aliphatic carbocycles. The number of ether oxygens (including phenoxy) is 1. The highest BCUT2D eigenvalue weighted by Gasteiger charge is 2.47. The van der Waals surface area contributed by atoms with Gasteiger partial charge in [0.2, 0.25) is 5.91 Å². The highest BCUT2D eigenvalue weighted by Crippen LogP contribution is 2.34. The Morgan fingerprint density at radius 2 is 1.93 bits per heavy atom. The number of hydrogen-bond donors (Lipinski definition) is 0. The normalized spacial score (nSPS) is 18.3. The summed E-state index contributed by atoms with van der Waals surface area (Å²) < 4.78 is 6.76. The fraction of sp³-hybridized carbons (Fsp3) is 0.304. The summed E-state index contributed by atoms with van der Waals surface area (Å²) in [6.45, 7) is 2.19. The highest BCUT2D eigenvalue weighted by molar-refractivity contribution is 9.10. The fourth-order valence-corrected chi connectivity index (χ4v) is 4.59. The molecule has 2 heterocycles. The van der Waals surface area contributed by atoms with Crippen LogP contribution in [0.2, 0.25) is 5.02 Å². The lowest BCUT2D eigenvalue weighted by Gasteiger charge is -2.37. The summed E-state index contributed by atoms with van der Waals surface area (Å²) in [7, 11) is 0. The van der Waals surface area contributed by atoms with Crippen molar-refractivity contribution in [2.45, 2.75) is 25.0 Å². The number of carbonyl (C=O) groups excluding carboxylic acids is 2. The summed E-state index contributed by atoms with van der Waals surface area (Å²) in [6, 6.07) is 15.3. The molecule has 2 aliphatic heterocycles. The van der Waals surface area contributed by atoms with Crippen molar-refractivity contribution in [3.8, 4) is 0 Å². The molecule has 1 spiro atoms. The molecule has 4 rings (SSSR count). The maximum absolute atomic E-state index is 12.6. The molecule has 0 N–H and O–H groups in total. The molecular weight excluding hydrogens is 468 g/mol. The van der Waals surface area contributed by atoms with Crippen molar-refractivity contribution in [1.29, 1.82) is 0 Å². The van der Waals surface area contributed by atoms with Crippen LogP contribution in [0.1, 0.15) is 24.0 Å². The summed E-state index contributed by atoms with van der Waals surface area (Å²) in [6.07, 6.45) is 4.29. The fourth-order valence-electron chi connectivity index (χ4n) is 3.94. The molecule has 2 aromatic carbocycles. The topological polar surface area (TPSA) is 49.9 Å². The Hall–Kier alpha value is -2.31. The van der Waals surface area contributed by atoms with Gasteiger partial charge in [-0.05, 0) is 35.4 Å². The Labute approximate surface area is 189 Å². The largest absolute Gasteiger partial charge is 0.441 e. The number of piperidine rings is 1. The summed E-state index contributed by atoms with van der Waals surface area (Å²) in [5.41, 5.74) is 1.36. The van der Waals surface area contributed by atoms with Crippen molar-refractivity contribution in [1.82, 2.24) is 9.80 Å². The maximum atomic E-state index is 12.6. The lowest BCUT2D eigenvalue weighted by molar-refractivity contribution is -0.129. The van der Waals surface area contributed by atoms with E-state index < -0.39 is 5.60 Å². The molecule has 0 bridgehead atoms. The minimum atomic E-state index is -0.508. The van der Waals surface area contributed by atoms with Gasteiger partial charge in [-0.15, -0.1) is 0 Å². The lowest BCUT2D eigenvalue weighted by atomic mass is 9.91. The monoisotopic (exact) mass is 488 g/mol. The first-order valence-electron chi connectivity index (χ1n) is 9.88. The van der Waals surface area contributed by atoms with Gasteiger partial charge in [0, 0.05) is 48.0 Å². The summed E-state index contributed by atoms with van der Waals surface area (Å²) in [4.78, 5) is 28.5. The molecule has 5 nitrogen and oxygen atoms in total. The molecule has 2 saturated heterocycles. The van der Waals surface area contributed by atoms with Crippen LogP contribution in [0.25, 0.3) is 6.08 Å². The van der Waals surface area contributed by atoms with Gasteiger partial charge in [0.1, 0.15) is 5.60 Å². The molecule has 0 aromatic heterocycles. The van der Waals surface area contributed by atoms with E-state index in [0.29, 0.717) is 44.0 Å². The van der Waals surface area contributed by atoms with Gasteiger partial charge in [-0.2, -0.15) is 0 Å². The first kappa shape index (κ1) is 20.9. The Kier molecular flexibility index (Phi) is 6.16. The molecule has 7 heteroatoms. The third-order valence-corrected chi connectivity index (χ3v) is 6.44. The molecule has 2 fully saturated rings. The van der Waals surface area contributed by atoms with Crippen LogP contribution in [0.5, 0.6) is 0 Å². The van der Waals surface area contributed by atoms with Gasteiger partial charge in [0.15, 0.2) is 0 Å². The van der Waals surface area contributed by atoms with Gasteiger partial charge in [0.25, 0.3) is 0 Å². The minimum Gasteiger partial charge on any atom is -0.441 e. The number of hydrogen-bond acceptors (Lipinski definition) is 3. The zero-order valence-electron chi connectivity index (χ0n) is 16.4. The summed E-state index contributed by atoms with van der Waals surface area (Å²) in [5, 5.41) is 0.613. The highest BCUT2D eigenvalue weighted by atomic mass is 79.9. The lowest BCUT2D eigenvalue weighted by Crippen LogP contribution is -2.48. The molecule has 0 saturated carbocycles. The Morgan fingerprint density at radius 1 is 1.17 bits per heavy atom. The molecule has 2 amide bonds. The van der Waals surface area contributed by atoms with Gasteiger partial charge in [-0.25, -0.2) is 4.79 Å². The number of rotatable bonds is 4. The third-order valence-electron chi connectivity index (χ3n) is 5.60. The molecule has 0 radical (unpaired) electrons. The van der Waals surface area contributed by atoms with Crippen molar-refractivity contribution in [2.24, 2.45) is 0 Å². The Bertz CT molecular complexity index is 986. The molecular formula is C23H22BrClN2O3. The van der Waals surface area contributed by atoms with Crippen molar-refractivity contribution in [3.05, 3.63) is 75.2 Å². The van der Waals surface area contributed by atoms with E-state index in [1.807, 2.05) is 42.5 Å². The van der Waals surface area contributed by atoms with Gasteiger partial charge in [-0.1, -0.05) is 57.9 Å². The third kappa shape index (κ3) is 4.71. The molecule has 2 aliphatic rings. The Morgan fingerprint density at radius 3 is 2.67 bits per heavy atom. The second kappa shape index (κ2) is 8.82. The van der Waals surface area contributed by atoms with Crippen LogP contribution < -0.4 is 0 Å². The number of nitrogens with zero attached hydrogens (tertiary/aromatic N) is 2. The van der Waals surface area contributed by atoms with Crippen molar-refractivity contribution in [2.75, 3.05) is 19.6 Å². The zero-order chi connectivity index (χ0) is 21.1. The van der Waals surface area contributed by atoms with Crippen molar-refractivity contribution < 1.29 is 14.3 Å². The van der Waals surface area contributed by atoms with Crippen LogP contribution in [-0.4, -0.2) is 47.0 Å². The molecule has 2 aromatic rings. The van der Waals surface area contributed by atoms with Gasteiger partial charge in [0.05, 0.1) is 6.54 Å². The van der Waals surface area contributed by atoms with Crippen molar-refractivity contribution in [3.63, 3.8) is 0 Å². The van der Waals surface area contributed by atoms with Gasteiger partial charge >= 0.3 is 6.09 Å². The average molecular weight is 490 g/mol. The molecule has 156 valence electrons. The predicted molar refractivity (Wildman–Crippen MR) is 120 cm³/mol. The van der Waals surface area contributed by atoms with E-state index in [2.05, 4.69) is 15.9 Å². The van der Waals surface area contributed by atoms with E-state index in [1.165, 1.54) is 0 Å². The minimum absolute atomic E-state index is 0.0555. The SMILES string of the molecule is O=C(/C=C/c1ccccc1Cl)N1CCC2(CC1)CN(Cc1cccc(Br)c1)C(=O)O2. The number of amides is 2. The van der Waals surface area contributed by atoms with Crippen LogP contribution in [-0.2, 0) is 16.1 Å². The van der Waals surface area contributed by atoms with E-state index in [1.54, 1.807) is 28.0 Å². The molecule has 30 heavy (non-hydrogen) atoms. The van der Waals surface area contributed by atoms with Gasteiger partial charge < -0.3 is 9.64 Å². The number of halogens is 2. The average Bonchev–Trinajstić information content (AvgIpc) is 3.02. The zero-order valence-corrected chi connectivity index (χ0v) is 18.7. The summed E-state index contributed by atoms with van der Waals surface area (Å²) in [5.74, 6) is -0.0555. The number of likely N-dealkylation sites (tertiary alicyclic amines) is 1. The van der Waals surface area contributed by atoms with E-state index in [0.717, 1.165) is 15.6 Å². The van der Waals surface area contributed by atoms with Crippen LogP contribution in [0.3, 0.4) is 0 Å². The van der Waals surface area contributed by atoms with Crippen LogP contribution in [0.15, 0.2) is 59.1 Å². The summed E-state index contributed by atoms with van der Waals surface area (Å²) >= 11 is 9.60. The van der Waals surface area contributed by atoms with Crippen LogP contribution in [0, 0.1) is 0 Å². The smallest absolute Gasteiger partial charge is 0.410 e. The standard InChI is InChI=1S/C23H22BrClN2O3/c24-19-6-3-4-17(14-19)15-27-16-23(30-22(27)29)10-12-26(13-11-23)21(28)9-8-18-5-1-2-7-20(18)25/h1-9,14H,10-13,15-16H2/b9-8+. The maximum Gasteiger partial charge on any atom is 0.410 e.